The van der Waals surface area contributed by atoms with E-state index in [4.69, 9.17) is 0 Å². The molecule has 7 heteroatoms. The topological polar surface area (TPSA) is 75.3 Å². The lowest BCUT2D eigenvalue weighted by molar-refractivity contribution is -0.121. The summed E-state index contributed by atoms with van der Waals surface area (Å²) in [6.07, 6.45) is 0.978. The van der Waals surface area contributed by atoms with Crippen molar-refractivity contribution in [2.45, 2.75) is 33.2 Å². The van der Waals surface area contributed by atoms with Gasteiger partial charge in [0.2, 0.25) is 15.9 Å². The van der Waals surface area contributed by atoms with Gasteiger partial charge in [0.05, 0.1) is 12.3 Å². The maximum Gasteiger partial charge on any atom is 0.221 e. The molecular formula is C15H23FN2O3S. The Morgan fingerprint density at radius 1 is 1.23 bits per heavy atom. The fourth-order valence-electron chi connectivity index (χ4n) is 1.80. The molecule has 1 atom stereocenters. The third-order valence-corrected chi connectivity index (χ3v) is 3.55. The molecule has 0 bridgehead atoms. The normalized spacial score (nSPS) is 13.7. The number of carbonyl (C=O) groups excluding carboxylic acids is 1. The smallest absolute Gasteiger partial charge is 0.221 e. The number of hydrogen-bond acceptors (Lipinski definition) is 3. The highest BCUT2D eigenvalue weighted by atomic mass is 32.2. The summed E-state index contributed by atoms with van der Waals surface area (Å²) < 4.78 is 38.3. The van der Waals surface area contributed by atoms with Crippen LogP contribution < -0.4 is 10.0 Å². The van der Waals surface area contributed by atoms with Crippen LogP contribution in [-0.4, -0.2) is 27.1 Å². The maximum absolute atomic E-state index is 13.0. The Bertz CT molecular complexity index is 607. The number of carbonyl (C=O) groups is 1. The molecule has 0 spiro atoms. The van der Waals surface area contributed by atoms with Gasteiger partial charge >= 0.3 is 0 Å². The molecule has 124 valence electrons. The van der Waals surface area contributed by atoms with E-state index in [9.17, 15) is 17.6 Å². The molecule has 0 heterocycles. The van der Waals surface area contributed by atoms with Crippen molar-refractivity contribution in [1.29, 1.82) is 0 Å². The van der Waals surface area contributed by atoms with Crippen molar-refractivity contribution in [3.63, 3.8) is 0 Å². The van der Waals surface area contributed by atoms with E-state index < -0.39 is 21.9 Å². The number of amides is 1. The predicted octanol–water partition coefficient (Wildman–Crippen LogP) is 1.97. The van der Waals surface area contributed by atoms with Gasteiger partial charge in [0.25, 0.3) is 0 Å². The minimum atomic E-state index is -3.49. The van der Waals surface area contributed by atoms with Gasteiger partial charge in [0.15, 0.2) is 0 Å². The van der Waals surface area contributed by atoms with Crippen LogP contribution >= 0.6 is 0 Å². The highest BCUT2D eigenvalue weighted by Crippen LogP contribution is 2.19. The van der Waals surface area contributed by atoms with Crippen molar-refractivity contribution in [3.8, 4) is 0 Å². The Kier molecular flexibility index (Phi) is 6.08. The molecule has 1 rings (SSSR count). The van der Waals surface area contributed by atoms with Crippen LogP contribution in [0.25, 0.3) is 0 Å². The third-order valence-electron chi connectivity index (χ3n) is 2.83. The number of hydrogen-bond donors (Lipinski definition) is 2. The van der Waals surface area contributed by atoms with E-state index in [1.165, 1.54) is 24.3 Å². The summed E-state index contributed by atoms with van der Waals surface area (Å²) in [5, 5.41) is 2.77. The zero-order chi connectivity index (χ0) is 17.0. The second-order valence-corrected chi connectivity index (χ2v) is 8.32. The summed E-state index contributed by atoms with van der Waals surface area (Å²) in [4.78, 5) is 12.0. The van der Waals surface area contributed by atoms with E-state index in [-0.39, 0.29) is 17.7 Å². The molecule has 22 heavy (non-hydrogen) atoms. The summed E-state index contributed by atoms with van der Waals surface area (Å²) in [7, 11) is -3.49. The van der Waals surface area contributed by atoms with Crippen molar-refractivity contribution in [2.24, 2.45) is 5.41 Å². The van der Waals surface area contributed by atoms with Crippen molar-refractivity contribution in [1.82, 2.24) is 10.0 Å². The molecule has 0 aliphatic heterocycles. The molecule has 0 radical (unpaired) electrons. The van der Waals surface area contributed by atoms with Gasteiger partial charge in [-0.1, -0.05) is 32.9 Å². The number of benzene rings is 1. The third kappa shape index (κ3) is 7.51. The van der Waals surface area contributed by atoms with Crippen molar-refractivity contribution in [3.05, 3.63) is 35.6 Å². The second-order valence-electron chi connectivity index (χ2n) is 6.54. The summed E-state index contributed by atoms with van der Waals surface area (Å²) in [6, 6.07) is 4.68. The molecule has 0 aliphatic carbocycles. The predicted molar refractivity (Wildman–Crippen MR) is 84.2 cm³/mol. The van der Waals surface area contributed by atoms with Crippen LogP contribution in [0.15, 0.2) is 24.3 Å². The highest BCUT2D eigenvalue weighted by Gasteiger charge is 2.21. The standard InChI is InChI=1S/C15H23FN2O3S/c1-15(2,3)10-17-14(19)9-13(18-22(4,20)21)11-5-7-12(16)8-6-11/h5-8,13,18H,9-10H2,1-4H3,(H,17,19)/t13-/m1/s1. The fraction of sp³-hybridized carbons (Fsp3) is 0.533. The maximum atomic E-state index is 13.0. The van der Waals surface area contributed by atoms with Crippen LogP contribution in [0, 0.1) is 11.2 Å². The Balaban J connectivity index is 2.83. The molecule has 0 aliphatic rings. The first-order valence-corrected chi connectivity index (χ1v) is 8.85. The van der Waals surface area contributed by atoms with E-state index in [1.807, 2.05) is 20.8 Å². The lowest BCUT2D eigenvalue weighted by Gasteiger charge is -2.21. The van der Waals surface area contributed by atoms with Gasteiger partial charge in [-0.05, 0) is 23.1 Å². The van der Waals surface area contributed by atoms with E-state index in [1.54, 1.807) is 0 Å². The van der Waals surface area contributed by atoms with Gasteiger partial charge in [-0.2, -0.15) is 0 Å². The van der Waals surface area contributed by atoms with Gasteiger partial charge in [-0.15, -0.1) is 0 Å². The SMILES string of the molecule is CC(C)(C)CNC(=O)C[C@@H](NS(C)(=O)=O)c1ccc(F)cc1. The van der Waals surface area contributed by atoms with Crippen molar-refractivity contribution >= 4 is 15.9 Å². The first-order chi connectivity index (χ1) is 9.96. The molecule has 1 aromatic carbocycles. The quantitative estimate of drug-likeness (QED) is 0.837. The average molecular weight is 330 g/mol. The van der Waals surface area contributed by atoms with Crippen LogP contribution in [0.2, 0.25) is 0 Å². The largest absolute Gasteiger partial charge is 0.356 e. The molecule has 0 unspecified atom stereocenters. The summed E-state index contributed by atoms with van der Waals surface area (Å²) in [5.41, 5.74) is 0.475. The average Bonchev–Trinajstić information content (AvgIpc) is 2.34. The summed E-state index contributed by atoms with van der Waals surface area (Å²) in [6.45, 7) is 6.44. The lowest BCUT2D eigenvalue weighted by Crippen LogP contribution is -2.36. The Morgan fingerprint density at radius 3 is 2.23 bits per heavy atom. The minimum Gasteiger partial charge on any atom is -0.356 e. The number of nitrogens with one attached hydrogen (secondary N) is 2. The Hall–Kier alpha value is -1.47. The molecule has 1 amide bonds. The van der Waals surface area contributed by atoms with E-state index in [0.29, 0.717) is 12.1 Å². The van der Waals surface area contributed by atoms with Crippen LogP contribution in [0.3, 0.4) is 0 Å². The second kappa shape index (κ2) is 7.19. The van der Waals surface area contributed by atoms with Crippen molar-refractivity contribution < 1.29 is 17.6 Å². The molecule has 5 nitrogen and oxygen atoms in total. The van der Waals surface area contributed by atoms with Gasteiger partial charge in [-0.3, -0.25) is 4.79 Å². The van der Waals surface area contributed by atoms with E-state index in [0.717, 1.165) is 6.26 Å². The molecule has 0 aromatic heterocycles. The molecular weight excluding hydrogens is 307 g/mol. The van der Waals surface area contributed by atoms with Crippen molar-refractivity contribution in [2.75, 3.05) is 12.8 Å². The Morgan fingerprint density at radius 2 is 1.77 bits per heavy atom. The fourth-order valence-corrected chi connectivity index (χ4v) is 2.54. The summed E-state index contributed by atoms with van der Waals surface area (Å²) >= 11 is 0. The number of rotatable bonds is 6. The van der Waals surface area contributed by atoms with Crippen LogP contribution in [-0.2, 0) is 14.8 Å². The molecule has 0 saturated carbocycles. The van der Waals surface area contributed by atoms with Gasteiger partial charge in [0, 0.05) is 13.0 Å². The van der Waals surface area contributed by atoms with Crippen LogP contribution in [0.5, 0.6) is 0 Å². The van der Waals surface area contributed by atoms with Crippen LogP contribution in [0.4, 0.5) is 4.39 Å². The zero-order valence-electron chi connectivity index (χ0n) is 13.3. The van der Waals surface area contributed by atoms with Gasteiger partial charge in [-0.25, -0.2) is 17.5 Å². The Labute approximate surface area is 131 Å². The first-order valence-electron chi connectivity index (χ1n) is 6.96. The zero-order valence-corrected chi connectivity index (χ0v) is 14.1. The summed E-state index contributed by atoms with van der Waals surface area (Å²) in [5.74, 6) is -0.681. The number of halogens is 1. The van der Waals surface area contributed by atoms with E-state index in [2.05, 4.69) is 10.0 Å². The monoisotopic (exact) mass is 330 g/mol. The van der Waals surface area contributed by atoms with Gasteiger partial charge < -0.3 is 5.32 Å². The molecule has 1 aromatic rings. The van der Waals surface area contributed by atoms with E-state index >= 15 is 0 Å². The molecule has 0 fully saturated rings. The van der Waals surface area contributed by atoms with Crippen LogP contribution in [0.1, 0.15) is 38.8 Å². The van der Waals surface area contributed by atoms with Gasteiger partial charge in [0.1, 0.15) is 5.82 Å². The molecule has 2 N–H and O–H groups in total. The minimum absolute atomic E-state index is 0.0468. The lowest BCUT2D eigenvalue weighted by atomic mass is 9.96. The highest BCUT2D eigenvalue weighted by molar-refractivity contribution is 7.88. The number of sulfonamides is 1. The first kappa shape index (κ1) is 18.6. The molecule has 0 saturated heterocycles.